The van der Waals surface area contributed by atoms with Crippen molar-refractivity contribution in [3.63, 3.8) is 0 Å². The second kappa shape index (κ2) is 4.90. The standard InChI is InChI=1S/C13H16BrN3O/c14-11-3-1-2-10(6-11)8-16-9-12-7-15-4-5-17(12)13(16)18/h1-3,6,12,15H,4-5,7-9H2. The molecule has 0 spiro atoms. The number of benzene rings is 1. The van der Waals surface area contributed by atoms with Gasteiger partial charge in [0.05, 0.1) is 6.04 Å². The number of urea groups is 1. The lowest BCUT2D eigenvalue weighted by Gasteiger charge is -2.28. The van der Waals surface area contributed by atoms with E-state index in [9.17, 15) is 4.79 Å². The molecule has 0 bridgehead atoms. The molecule has 2 saturated heterocycles. The zero-order chi connectivity index (χ0) is 12.5. The van der Waals surface area contributed by atoms with E-state index in [0.717, 1.165) is 30.7 Å². The fourth-order valence-electron chi connectivity index (χ4n) is 2.68. The van der Waals surface area contributed by atoms with E-state index in [1.807, 2.05) is 21.9 Å². The molecule has 3 rings (SSSR count). The van der Waals surface area contributed by atoms with Gasteiger partial charge in [-0.1, -0.05) is 28.1 Å². The van der Waals surface area contributed by atoms with Gasteiger partial charge in [0, 0.05) is 37.2 Å². The van der Waals surface area contributed by atoms with Crippen molar-refractivity contribution in [2.45, 2.75) is 12.6 Å². The number of piperazine rings is 1. The highest BCUT2D eigenvalue weighted by Crippen LogP contribution is 2.21. The first kappa shape index (κ1) is 12.0. The zero-order valence-corrected chi connectivity index (χ0v) is 11.7. The molecule has 2 aliphatic rings. The van der Waals surface area contributed by atoms with E-state index in [4.69, 9.17) is 0 Å². The normalized spacial score (nSPS) is 23.4. The molecule has 2 amide bonds. The monoisotopic (exact) mass is 309 g/mol. The average molecular weight is 310 g/mol. The summed E-state index contributed by atoms with van der Waals surface area (Å²) in [7, 11) is 0. The SMILES string of the molecule is O=C1N(Cc2cccc(Br)c2)CC2CNCCN12. The summed E-state index contributed by atoms with van der Waals surface area (Å²) in [4.78, 5) is 16.2. The number of rotatable bonds is 2. The number of fused-ring (bicyclic) bond motifs is 1. The minimum Gasteiger partial charge on any atom is -0.318 e. The van der Waals surface area contributed by atoms with E-state index in [0.29, 0.717) is 12.6 Å². The highest BCUT2D eigenvalue weighted by Gasteiger charge is 2.38. The molecule has 1 unspecified atom stereocenters. The maximum atomic E-state index is 12.2. The Morgan fingerprint density at radius 1 is 1.44 bits per heavy atom. The van der Waals surface area contributed by atoms with Crippen LogP contribution in [0.3, 0.4) is 0 Å². The Morgan fingerprint density at radius 3 is 3.11 bits per heavy atom. The minimum absolute atomic E-state index is 0.182. The summed E-state index contributed by atoms with van der Waals surface area (Å²) >= 11 is 3.46. The maximum Gasteiger partial charge on any atom is 0.320 e. The highest BCUT2D eigenvalue weighted by atomic mass is 79.9. The van der Waals surface area contributed by atoms with Gasteiger partial charge >= 0.3 is 6.03 Å². The van der Waals surface area contributed by atoms with Crippen molar-refractivity contribution < 1.29 is 4.79 Å². The lowest BCUT2D eigenvalue weighted by Crippen LogP contribution is -2.49. The summed E-state index contributed by atoms with van der Waals surface area (Å²) in [6.45, 7) is 4.19. The topological polar surface area (TPSA) is 35.6 Å². The smallest absolute Gasteiger partial charge is 0.318 e. The Labute approximate surface area is 115 Å². The third-order valence-electron chi connectivity index (χ3n) is 3.56. The van der Waals surface area contributed by atoms with Gasteiger partial charge in [-0.25, -0.2) is 4.79 Å². The van der Waals surface area contributed by atoms with Gasteiger partial charge in [-0.05, 0) is 17.7 Å². The van der Waals surface area contributed by atoms with Crippen molar-refractivity contribution in [1.82, 2.24) is 15.1 Å². The molecule has 1 aromatic carbocycles. The summed E-state index contributed by atoms with van der Waals surface area (Å²) < 4.78 is 1.06. The van der Waals surface area contributed by atoms with Crippen LogP contribution >= 0.6 is 15.9 Å². The first-order valence-corrected chi connectivity index (χ1v) is 7.04. The molecule has 2 heterocycles. The van der Waals surface area contributed by atoms with Gasteiger partial charge in [0.2, 0.25) is 0 Å². The van der Waals surface area contributed by atoms with E-state index in [1.165, 1.54) is 5.56 Å². The Balaban J connectivity index is 1.72. The van der Waals surface area contributed by atoms with Crippen molar-refractivity contribution in [3.8, 4) is 0 Å². The van der Waals surface area contributed by atoms with Crippen LogP contribution in [0.15, 0.2) is 28.7 Å². The fourth-order valence-corrected chi connectivity index (χ4v) is 3.12. The van der Waals surface area contributed by atoms with Gasteiger partial charge in [-0.15, -0.1) is 0 Å². The third kappa shape index (κ3) is 2.24. The Kier molecular flexibility index (Phi) is 3.26. The van der Waals surface area contributed by atoms with Crippen LogP contribution in [0, 0.1) is 0 Å². The average Bonchev–Trinajstić information content (AvgIpc) is 2.67. The molecular weight excluding hydrogens is 294 g/mol. The summed E-state index contributed by atoms with van der Waals surface area (Å²) in [5, 5.41) is 3.34. The van der Waals surface area contributed by atoms with Crippen molar-refractivity contribution in [3.05, 3.63) is 34.3 Å². The predicted molar refractivity (Wildman–Crippen MR) is 73.3 cm³/mol. The number of hydrogen-bond acceptors (Lipinski definition) is 2. The summed E-state index contributed by atoms with van der Waals surface area (Å²) in [5.41, 5.74) is 1.17. The number of nitrogens with zero attached hydrogens (tertiary/aromatic N) is 2. The lowest BCUT2D eigenvalue weighted by molar-refractivity contribution is 0.178. The summed E-state index contributed by atoms with van der Waals surface area (Å²) in [6, 6.07) is 8.67. The lowest BCUT2D eigenvalue weighted by atomic mass is 10.2. The van der Waals surface area contributed by atoms with Crippen molar-refractivity contribution >= 4 is 22.0 Å². The molecule has 1 aromatic rings. The van der Waals surface area contributed by atoms with Crippen molar-refractivity contribution in [2.75, 3.05) is 26.2 Å². The van der Waals surface area contributed by atoms with Crippen LogP contribution < -0.4 is 5.32 Å². The van der Waals surface area contributed by atoms with Crippen LogP contribution in [0.4, 0.5) is 4.79 Å². The molecule has 96 valence electrons. The van der Waals surface area contributed by atoms with Gasteiger partial charge in [-0.2, -0.15) is 0 Å². The molecule has 1 atom stereocenters. The molecular formula is C13H16BrN3O. The van der Waals surface area contributed by atoms with Crippen LogP contribution in [0.25, 0.3) is 0 Å². The second-order valence-corrected chi connectivity index (χ2v) is 5.76. The molecule has 2 aliphatic heterocycles. The van der Waals surface area contributed by atoms with Crippen LogP contribution in [0.2, 0.25) is 0 Å². The van der Waals surface area contributed by atoms with E-state index < -0.39 is 0 Å². The van der Waals surface area contributed by atoms with Gasteiger partial charge < -0.3 is 15.1 Å². The summed E-state index contributed by atoms with van der Waals surface area (Å²) in [6.07, 6.45) is 0. The zero-order valence-electron chi connectivity index (χ0n) is 10.1. The van der Waals surface area contributed by atoms with Gasteiger partial charge in [0.1, 0.15) is 0 Å². The molecule has 5 heteroatoms. The quantitative estimate of drug-likeness (QED) is 0.902. The molecule has 18 heavy (non-hydrogen) atoms. The Bertz CT molecular complexity index is 465. The van der Waals surface area contributed by atoms with E-state index in [1.54, 1.807) is 0 Å². The third-order valence-corrected chi connectivity index (χ3v) is 4.05. The van der Waals surface area contributed by atoms with Gasteiger partial charge in [-0.3, -0.25) is 0 Å². The minimum atomic E-state index is 0.182. The summed E-state index contributed by atoms with van der Waals surface area (Å²) in [5.74, 6) is 0. The number of amides is 2. The molecule has 0 saturated carbocycles. The van der Waals surface area contributed by atoms with Crippen LogP contribution in [0.5, 0.6) is 0 Å². The van der Waals surface area contributed by atoms with Crippen LogP contribution in [-0.4, -0.2) is 48.1 Å². The molecule has 4 nitrogen and oxygen atoms in total. The number of nitrogens with one attached hydrogen (secondary N) is 1. The van der Waals surface area contributed by atoms with Crippen molar-refractivity contribution in [2.24, 2.45) is 0 Å². The van der Waals surface area contributed by atoms with Gasteiger partial charge in [0.25, 0.3) is 0 Å². The first-order valence-electron chi connectivity index (χ1n) is 6.25. The van der Waals surface area contributed by atoms with E-state index in [2.05, 4.69) is 33.4 Å². The molecule has 1 N–H and O–H groups in total. The number of hydrogen-bond donors (Lipinski definition) is 1. The van der Waals surface area contributed by atoms with Crippen molar-refractivity contribution in [1.29, 1.82) is 0 Å². The largest absolute Gasteiger partial charge is 0.320 e. The predicted octanol–water partition coefficient (Wildman–Crippen LogP) is 1.66. The highest BCUT2D eigenvalue weighted by molar-refractivity contribution is 9.10. The molecule has 0 radical (unpaired) electrons. The van der Waals surface area contributed by atoms with E-state index >= 15 is 0 Å². The van der Waals surface area contributed by atoms with Crippen LogP contribution in [-0.2, 0) is 6.54 Å². The van der Waals surface area contributed by atoms with Crippen LogP contribution in [0.1, 0.15) is 5.56 Å². The molecule has 0 aliphatic carbocycles. The number of carbonyl (C=O) groups is 1. The first-order chi connectivity index (χ1) is 8.74. The Hall–Kier alpha value is -1.07. The molecule has 2 fully saturated rings. The Morgan fingerprint density at radius 2 is 2.33 bits per heavy atom. The number of halogens is 1. The number of carbonyl (C=O) groups excluding carboxylic acids is 1. The fraction of sp³-hybridized carbons (Fsp3) is 0.462. The second-order valence-electron chi connectivity index (χ2n) is 4.84. The van der Waals surface area contributed by atoms with Gasteiger partial charge in [0.15, 0.2) is 0 Å². The maximum absolute atomic E-state index is 12.2. The molecule has 0 aromatic heterocycles. The van der Waals surface area contributed by atoms with E-state index in [-0.39, 0.29) is 6.03 Å².